The maximum absolute atomic E-state index is 11.2. The second-order valence-electron chi connectivity index (χ2n) is 2.44. The van der Waals surface area contributed by atoms with E-state index >= 15 is 0 Å². The van der Waals surface area contributed by atoms with Gasteiger partial charge >= 0.3 is 51.5 Å². The average Bonchev–Trinajstić information content (AvgIpc) is 2.15. The summed E-state index contributed by atoms with van der Waals surface area (Å²) in [5, 5.41) is 10.6. The average molecular weight is 269 g/mol. The van der Waals surface area contributed by atoms with Gasteiger partial charge in [0.1, 0.15) is 6.54 Å². The first-order valence-electron chi connectivity index (χ1n) is 3.75. The Labute approximate surface area is 119 Å². The summed E-state index contributed by atoms with van der Waals surface area (Å²) < 4.78 is 0. The molecular weight excluding hydrogens is 258 g/mol. The van der Waals surface area contributed by atoms with Gasteiger partial charge in [0.05, 0.1) is 0 Å². The van der Waals surface area contributed by atoms with Crippen LogP contribution in [-0.4, -0.2) is 69.0 Å². The van der Waals surface area contributed by atoms with Crippen LogP contribution in [0.2, 0.25) is 0 Å². The molecule has 0 aliphatic rings. The molecule has 0 unspecified atom stereocenters. The second-order valence-corrected chi connectivity index (χ2v) is 2.44. The predicted octanol–water partition coefficient (Wildman–Crippen LogP) is -0.415. The van der Waals surface area contributed by atoms with E-state index in [1.54, 1.807) is 30.3 Å². The molecule has 1 rings (SSSR count). The minimum atomic E-state index is -1.05. The van der Waals surface area contributed by atoms with Crippen LogP contribution < -0.4 is 5.32 Å². The van der Waals surface area contributed by atoms with Gasteiger partial charge in [-0.2, -0.15) is 0 Å². The summed E-state index contributed by atoms with van der Waals surface area (Å²) >= 11 is 0. The molecule has 0 saturated heterocycles. The Morgan fingerprint density at radius 2 is 1.79 bits per heavy atom. The van der Waals surface area contributed by atoms with Gasteiger partial charge in [-0.05, 0) is 12.1 Å². The molecule has 5 heteroatoms. The molecule has 0 atom stereocenters. The summed E-state index contributed by atoms with van der Waals surface area (Å²) in [5.41, 5.74) is 0.462. The third kappa shape index (κ3) is 4.76. The van der Waals surface area contributed by atoms with Crippen molar-refractivity contribution in [2.45, 2.75) is 0 Å². The first kappa shape index (κ1) is 13.6. The van der Waals surface area contributed by atoms with Crippen LogP contribution in [0, 0.1) is 0 Å². The molecule has 14 heavy (non-hydrogen) atoms. The number of carbonyl (C=O) groups is 2. The van der Waals surface area contributed by atoms with E-state index in [9.17, 15) is 9.59 Å². The molecule has 4 nitrogen and oxygen atoms in total. The number of amides is 1. The molecule has 0 bridgehead atoms. The molecule has 72 valence electrons. The maximum atomic E-state index is 11.2. The zero-order chi connectivity index (χ0) is 9.68. The zero-order valence-corrected chi connectivity index (χ0v) is 6.86. The number of carboxylic acid groups (broad SMARTS) is 1. The summed E-state index contributed by atoms with van der Waals surface area (Å²) in [7, 11) is 0. The van der Waals surface area contributed by atoms with Crippen molar-refractivity contribution < 1.29 is 14.7 Å². The molecule has 0 heterocycles. The number of hydrogen-bond donors (Lipinski definition) is 2. The van der Waals surface area contributed by atoms with Gasteiger partial charge < -0.3 is 10.4 Å². The SMILES string of the molecule is O=C(O)CNC(=O)c1ccccc1.[SrH2]. The van der Waals surface area contributed by atoms with Crippen molar-refractivity contribution in [3.63, 3.8) is 0 Å². The number of aliphatic carboxylic acids is 1. The van der Waals surface area contributed by atoms with Crippen LogP contribution in [0.1, 0.15) is 10.4 Å². The second kappa shape index (κ2) is 7.00. The van der Waals surface area contributed by atoms with E-state index in [-0.39, 0.29) is 57.9 Å². The third-order valence-corrected chi connectivity index (χ3v) is 1.44. The topological polar surface area (TPSA) is 66.4 Å². The number of hydrogen-bond acceptors (Lipinski definition) is 2. The number of carboxylic acids is 1. The quantitative estimate of drug-likeness (QED) is 0.732. The Morgan fingerprint density at radius 3 is 2.29 bits per heavy atom. The third-order valence-electron chi connectivity index (χ3n) is 1.44. The molecular formula is C9H11NO3Sr. The van der Waals surface area contributed by atoms with Gasteiger partial charge in [-0.25, -0.2) is 0 Å². The van der Waals surface area contributed by atoms with Crippen molar-refractivity contribution in [3.05, 3.63) is 35.9 Å². The molecule has 0 saturated carbocycles. The molecule has 0 radical (unpaired) electrons. The van der Waals surface area contributed by atoms with E-state index in [4.69, 9.17) is 5.11 Å². The first-order chi connectivity index (χ1) is 6.20. The van der Waals surface area contributed by atoms with E-state index in [0.717, 1.165) is 0 Å². The van der Waals surface area contributed by atoms with Gasteiger partial charge in [-0.1, -0.05) is 18.2 Å². The van der Waals surface area contributed by atoms with Crippen LogP contribution in [0.25, 0.3) is 0 Å². The van der Waals surface area contributed by atoms with Crippen LogP contribution in [-0.2, 0) is 4.79 Å². The van der Waals surface area contributed by atoms with Crippen molar-refractivity contribution in [2.24, 2.45) is 0 Å². The van der Waals surface area contributed by atoms with E-state index in [1.165, 1.54) is 0 Å². The standard InChI is InChI=1S/C9H9NO3.Sr.2H/c11-8(12)6-10-9(13)7-4-2-1-3-5-7;;;/h1-5H,6H2,(H,10,13)(H,11,12);;;. The van der Waals surface area contributed by atoms with Crippen LogP contribution in [0.5, 0.6) is 0 Å². The number of carbonyl (C=O) groups excluding carboxylic acids is 1. The monoisotopic (exact) mass is 269 g/mol. The van der Waals surface area contributed by atoms with E-state index in [2.05, 4.69) is 5.32 Å². The molecule has 0 aliphatic heterocycles. The Hall–Kier alpha value is -0.359. The Balaban J connectivity index is 0.00000169. The van der Waals surface area contributed by atoms with Gasteiger partial charge in [0, 0.05) is 5.56 Å². The number of nitrogens with one attached hydrogen (secondary N) is 1. The van der Waals surface area contributed by atoms with E-state index < -0.39 is 5.97 Å². The summed E-state index contributed by atoms with van der Waals surface area (Å²) in [6.45, 7) is -0.353. The molecule has 1 aromatic carbocycles. The Bertz CT molecular complexity index is 313. The van der Waals surface area contributed by atoms with Gasteiger partial charge in [0.25, 0.3) is 5.91 Å². The van der Waals surface area contributed by atoms with Crippen LogP contribution in [0.4, 0.5) is 0 Å². The molecule has 1 aromatic rings. The number of rotatable bonds is 3. The van der Waals surface area contributed by atoms with Crippen molar-refractivity contribution in [1.82, 2.24) is 5.32 Å². The zero-order valence-electron chi connectivity index (χ0n) is 6.86. The minimum absolute atomic E-state index is 0. The van der Waals surface area contributed by atoms with Crippen LogP contribution in [0.15, 0.2) is 30.3 Å². The molecule has 0 fully saturated rings. The summed E-state index contributed by atoms with van der Waals surface area (Å²) in [5.74, 6) is -1.42. The fourth-order valence-corrected chi connectivity index (χ4v) is 0.847. The van der Waals surface area contributed by atoms with Gasteiger partial charge in [-0.3, -0.25) is 9.59 Å². The van der Waals surface area contributed by atoms with Gasteiger partial charge in [0.15, 0.2) is 0 Å². The van der Waals surface area contributed by atoms with Crippen molar-refractivity contribution in [1.29, 1.82) is 0 Å². The molecule has 0 aliphatic carbocycles. The fourth-order valence-electron chi connectivity index (χ4n) is 0.847. The molecule has 0 spiro atoms. The van der Waals surface area contributed by atoms with Gasteiger partial charge in [-0.15, -0.1) is 0 Å². The molecule has 2 N–H and O–H groups in total. The van der Waals surface area contributed by atoms with E-state index in [1.807, 2.05) is 0 Å². The fraction of sp³-hybridized carbons (Fsp3) is 0.111. The molecule has 0 aromatic heterocycles. The van der Waals surface area contributed by atoms with Crippen molar-refractivity contribution in [3.8, 4) is 0 Å². The summed E-state index contributed by atoms with van der Waals surface area (Å²) in [4.78, 5) is 21.3. The van der Waals surface area contributed by atoms with Crippen LogP contribution in [0.3, 0.4) is 0 Å². The van der Waals surface area contributed by atoms with Gasteiger partial charge in [0.2, 0.25) is 0 Å². The normalized spacial score (nSPS) is 8.57. The van der Waals surface area contributed by atoms with Crippen LogP contribution >= 0.6 is 0 Å². The molecule has 1 amide bonds. The van der Waals surface area contributed by atoms with E-state index in [0.29, 0.717) is 5.56 Å². The Morgan fingerprint density at radius 1 is 1.21 bits per heavy atom. The first-order valence-corrected chi connectivity index (χ1v) is 3.75. The Kier molecular flexibility index (Phi) is 6.82. The number of benzene rings is 1. The van der Waals surface area contributed by atoms with Crippen molar-refractivity contribution >= 4 is 57.4 Å². The van der Waals surface area contributed by atoms with Crippen molar-refractivity contribution in [2.75, 3.05) is 6.54 Å². The predicted molar refractivity (Wildman–Crippen MR) is 55.0 cm³/mol. The summed E-state index contributed by atoms with van der Waals surface area (Å²) in [6, 6.07) is 8.47. The summed E-state index contributed by atoms with van der Waals surface area (Å²) in [6.07, 6.45) is 0.